The molecule has 2 aliphatic carbocycles. The van der Waals surface area contributed by atoms with E-state index in [2.05, 4.69) is 0 Å². The van der Waals surface area contributed by atoms with E-state index in [1.54, 1.807) is 18.2 Å². The van der Waals surface area contributed by atoms with Crippen LogP contribution in [0.4, 0.5) is 5.69 Å². The summed E-state index contributed by atoms with van der Waals surface area (Å²) in [6, 6.07) is 7.04. The van der Waals surface area contributed by atoms with Crippen molar-refractivity contribution in [1.29, 1.82) is 0 Å². The van der Waals surface area contributed by atoms with Gasteiger partial charge in [0.2, 0.25) is 0 Å². The second kappa shape index (κ2) is 12.4. The summed E-state index contributed by atoms with van der Waals surface area (Å²) in [5.41, 5.74) is 6.69. The van der Waals surface area contributed by atoms with Gasteiger partial charge in [-0.05, 0) is 69.9 Å². The fourth-order valence-corrected chi connectivity index (χ4v) is 3.71. The van der Waals surface area contributed by atoms with Crippen LogP contribution < -0.4 is 5.73 Å². The molecule has 0 spiro atoms. The molecule has 0 aliphatic heterocycles. The number of carbonyl (C=O) groups excluding carboxylic acids is 2. The zero-order chi connectivity index (χ0) is 20.2. The number of hydrogen-bond acceptors (Lipinski definition) is 5. The molecular formula is C23H35NO4. The lowest BCUT2D eigenvalue weighted by Crippen LogP contribution is -2.21. The van der Waals surface area contributed by atoms with Crippen molar-refractivity contribution in [3.63, 3.8) is 0 Å². The van der Waals surface area contributed by atoms with Gasteiger partial charge in [0.05, 0.1) is 5.56 Å². The maximum absolute atomic E-state index is 11.8. The van der Waals surface area contributed by atoms with Crippen LogP contribution in [0, 0.1) is 0 Å². The minimum Gasteiger partial charge on any atom is -0.462 e. The number of nitrogens with two attached hydrogens (primary N) is 1. The molecule has 2 aliphatic rings. The SMILES string of the molecule is CCCC(=O)OC1CCCCC1.Nc1ccccc1C(=O)OC1CCCCC1. The molecule has 1 aromatic carbocycles. The molecule has 3 rings (SSSR count). The molecule has 1 aromatic rings. The summed E-state index contributed by atoms with van der Waals surface area (Å²) in [5, 5.41) is 0. The summed E-state index contributed by atoms with van der Waals surface area (Å²) >= 11 is 0. The minimum absolute atomic E-state index is 0.00981. The van der Waals surface area contributed by atoms with Gasteiger partial charge in [0, 0.05) is 12.1 Å². The molecule has 5 heteroatoms. The number of nitrogen functional groups attached to an aromatic ring is 1. The number of anilines is 1. The molecule has 2 saturated carbocycles. The van der Waals surface area contributed by atoms with Crippen LogP contribution in [0.15, 0.2) is 24.3 Å². The minimum atomic E-state index is -0.287. The first-order valence-electron chi connectivity index (χ1n) is 10.8. The van der Waals surface area contributed by atoms with E-state index < -0.39 is 0 Å². The highest BCUT2D eigenvalue weighted by Crippen LogP contribution is 2.23. The number of para-hydroxylation sites is 1. The molecule has 156 valence electrons. The molecule has 0 radical (unpaired) electrons. The monoisotopic (exact) mass is 389 g/mol. The van der Waals surface area contributed by atoms with E-state index in [1.807, 2.05) is 13.0 Å². The first kappa shape index (κ1) is 22.3. The first-order valence-corrected chi connectivity index (χ1v) is 10.8. The fourth-order valence-electron chi connectivity index (χ4n) is 3.71. The summed E-state index contributed by atoms with van der Waals surface area (Å²) in [6.07, 6.45) is 13.2. The summed E-state index contributed by atoms with van der Waals surface area (Å²) < 4.78 is 10.7. The third-order valence-electron chi connectivity index (χ3n) is 5.31. The molecule has 0 unspecified atom stereocenters. The molecule has 0 atom stereocenters. The van der Waals surface area contributed by atoms with Crippen molar-refractivity contribution in [2.45, 2.75) is 96.2 Å². The quantitative estimate of drug-likeness (QED) is 0.537. The summed E-state index contributed by atoms with van der Waals surface area (Å²) in [5.74, 6) is -0.297. The van der Waals surface area contributed by atoms with E-state index in [4.69, 9.17) is 15.2 Å². The summed E-state index contributed by atoms with van der Waals surface area (Å²) in [7, 11) is 0. The smallest absolute Gasteiger partial charge is 0.340 e. The molecule has 0 saturated heterocycles. The van der Waals surface area contributed by atoms with Crippen LogP contribution in [-0.2, 0) is 14.3 Å². The van der Waals surface area contributed by atoms with Gasteiger partial charge >= 0.3 is 11.9 Å². The zero-order valence-corrected chi connectivity index (χ0v) is 17.2. The van der Waals surface area contributed by atoms with Gasteiger partial charge in [-0.2, -0.15) is 0 Å². The van der Waals surface area contributed by atoms with E-state index in [0.29, 0.717) is 17.7 Å². The van der Waals surface area contributed by atoms with Gasteiger partial charge in [0.1, 0.15) is 12.2 Å². The van der Waals surface area contributed by atoms with Crippen molar-refractivity contribution < 1.29 is 19.1 Å². The van der Waals surface area contributed by atoms with Gasteiger partial charge in [-0.25, -0.2) is 4.79 Å². The third-order valence-corrected chi connectivity index (χ3v) is 5.31. The lowest BCUT2D eigenvalue weighted by atomic mass is 9.98. The lowest BCUT2D eigenvalue weighted by molar-refractivity contribution is -0.150. The van der Waals surface area contributed by atoms with Crippen LogP contribution in [0.3, 0.4) is 0 Å². The second-order valence-electron chi connectivity index (χ2n) is 7.75. The third kappa shape index (κ3) is 7.91. The maximum atomic E-state index is 11.8. The number of rotatable bonds is 5. The van der Waals surface area contributed by atoms with Gasteiger partial charge in [-0.3, -0.25) is 4.79 Å². The number of benzene rings is 1. The van der Waals surface area contributed by atoms with Gasteiger partial charge in [-0.1, -0.05) is 31.9 Å². The Kier molecular flexibility index (Phi) is 9.87. The highest BCUT2D eigenvalue weighted by Gasteiger charge is 2.19. The molecule has 28 heavy (non-hydrogen) atoms. The first-order chi connectivity index (χ1) is 13.6. The summed E-state index contributed by atoms with van der Waals surface area (Å²) in [4.78, 5) is 22.9. The standard InChI is InChI=1S/C13H17NO2.C10H18O2/c14-12-9-5-4-8-11(12)13(15)16-10-6-2-1-3-7-10;1-2-6-10(11)12-9-7-4-3-5-8-9/h4-5,8-10H,1-3,6-7,14H2;9H,2-8H2,1H3. The molecule has 0 heterocycles. The van der Waals surface area contributed by atoms with E-state index in [-0.39, 0.29) is 24.1 Å². The van der Waals surface area contributed by atoms with Crippen LogP contribution in [-0.4, -0.2) is 24.1 Å². The Hall–Kier alpha value is -2.04. The van der Waals surface area contributed by atoms with Gasteiger partial charge in [0.15, 0.2) is 0 Å². The molecule has 0 amide bonds. The maximum Gasteiger partial charge on any atom is 0.340 e. The predicted molar refractivity (Wildman–Crippen MR) is 111 cm³/mol. The van der Waals surface area contributed by atoms with E-state index >= 15 is 0 Å². The van der Waals surface area contributed by atoms with Crippen molar-refractivity contribution >= 4 is 17.6 Å². The van der Waals surface area contributed by atoms with Crippen molar-refractivity contribution in [3.05, 3.63) is 29.8 Å². The summed E-state index contributed by atoms with van der Waals surface area (Å²) in [6.45, 7) is 2.00. The van der Waals surface area contributed by atoms with Crippen molar-refractivity contribution in [3.8, 4) is 0 Å². The van der Waals surface area contributed by atoms with Crippen molar-refractivity contribution in [2.75, 3.05) is 5.73 Å². The number of hydrogen-bond donors (Lipinski definition) is 1. The van der Waals surface area contributed by atoms with Crippen molar-refractivity contribution in [2.24, 2.45) is 0 Å². The fraction of sp³-hybridized carbons (Fsp3) is 0.652. The van der Waals surface area contributed by atoms with E-state index in [0.717, 1.165) is 44.9 Å². The Morgan fingerprint density at radius 1 is 0.893 bits per heavy atom. The number of carbonyl (C=O) groups is 2. The molecule has 0 aromatic heterocycles. The predicted octanol–water partition coefficient (Wildman–Crippen LogP) is 5.42. The zero-order valence-electron chi connectivity index (χ0n) is 17.2. The molecule has 5 nitrogen and oxygen atoms in total. The van der Waals surface area contributed by atoms with Crippen LogP contribution in [0.2, 0.25) is 0 Å². The van der Waals surface area contributed by atoms with Crippen molar-refractivity contribution in [1.82, 2.24) is 0 Å². The highest BCUT2D eigenvalue weighted by molar-refractivity contribution is 5.95. The topological polar surface area (TPSA) is 78.6 Å². The van der Waals surface area contributed by atoms with Gasteiger partial charge in [0.25, 0.3) is 0 Å². The average Bonchev–Trinajstić information content (AvgIpc) is 2.70. The normalized spacial score (nSPS) is 17.9. The molecule has 0 bridgehead atoms. The Morgan fingerprint density at radius 2 is 1.43 bits per heavy atom. The largest absolute Gasteiger partial charge is 0.462 e. The van der Waals surface area contributed by atoms with Crippen LogP contribution in [0.5, 0.6) is 0 Å². The Morgan fingerprint density at radius 3 is 1.96 bits per heavy atom. The Labute approximate surface area is 169 Å². The average molecular weight is 390 g/mol. The molecule has 2 fully saturated rings. The molecular weight excluding hydrogens is 354 g/mol. The Balaban J connectivity index is 0.000000209. The number of esters is 2. The lowest BCUT2D eigenvalue weighted by Gasteiger charge is -2.22. The van der Waals surface area contributed by atoms with E-state index in [1.165, 1.54) is 25.7 Å². The molecule has 2 N–H and O–H groups in total. The van der Waals surface area contributed by atoms with Crippen LogP contribution in [0.1, 0.15) is 94.3 Å². The van der Waals surface area contributed by atoms with Crippen LogP contribution in [0.25, 0.3) is 0 Å². The van der Waals surface area contributed by atoms with Gasteiger partial charge < -0.3 is 15.2 Å². The van der Waals surface area contributed by atoms with E-state index in [9.17, 15) is 9.59 Å². The highest BCUT2D eigenvalue weighted by atomic mass is 16.5. The second-order valence-corrected chi connectivity index (χ2v) is 7.75. The Bertz CT molecular complexity index is 604. The van der Waals surface area contributed by atoms with Crippen LogP contribution >= 0.6 is 0 Å². The van der Waals surface area contributed by atoms with Gasteiger partial charge in [-0.15, -0.1) is 0 Å². The number of ether oxygens (including phenoxy) is 2.